The van der Waals surface area contributed by atoms with E-state index in [1.807, 2.05) is 28.7 Å². The number of carbonyl (C=O) groups excluding carboxylic acids is 1. The van der Waals surface area contributed by atoms with E-state index in [9.17, 15) is 4.79 Å². The topological polar surface area (TPSA) is 46.9 Å². The number of rotatable bonds is 9. The molecule has 1 N–H and O–H groups in total. The van der Waals surface area contributed by atoms with Crippen molar-refractivity contribution in [3.63, 3.8) is 0 Å². The van der Waals surface area contributed by atoms with Gasteiger partial charge >= 0.3 is 0 Å². The molecule has 1 aromatic heterocycles. The van der Waals surface area contributed by atoms with Crippen molar-refractivity contribution in [2.45, 2.75) is 33.2 Å². The van der Waals surface area contributed by atoms with Gasteiger partial charge in [0.1, 0.15) is 0 Å². The van der Waals surface area contributed by atoms with Crippen molar-refractivity contribution in [3.05, 3.63) is 18.5 Å². The summed E-state index contributed by atoms with van der Waals surface area (Å²) in [6, 6.07) is 1.91. The van der Waals surface area contributed by atoms with Gasteiger partial charge in [0.15, 0.2) is 0 Å². The zero-order valence-corrected chi connectivity index (χ0v) is 12.1. The molecule has 1 heterocycles. The lowest BCUT2D eigenvalue weighted by molar-refractivity contribution is -0.120. The van der Waals surface area contributed by atoms with Gasteiger partial charge in [-0.3, -0.25) is 9.48 Å². The van der Waals surface area contributed by atoms with Crippen LogP contribution in [0.2, 0.25) is 0 Å². The third-order valence-electron chi connectivity index (χ3n) is 2.37. The predicted octanol–water partition coefficient (Wildman–Crippen LogP) is 2.17. The molecule has 18 heavy (non-hydrogen) atoms. The molecule has 0 aliphatic rings. The van der Waals surface area contributed by atoms with Crippen LogP contribution in [-0.4, -0.2) is 33.7 Å². The van der Waals surface area contributed by atoms with Crippen LogP contribution in [-0.2, 0) is 11.3 Å². The number of nitrogens with zero attached hydrogens (tertiary/aromatic N) is 2. The van der Waals surface area contributed by atoms with Gasteiger partial charge in [-0.05, 0) is 24.2 Å². The van der Waals surface area contributed by atoms with Gasteiger partial charge in [-0.25, -0.2) is 0 Å². The van der Waals surface area contributed by atoms with Crippen molar-refractivity contribution in [2.24, 2.45) is 5.92 Å². The van der Waals surface area contributed by atoms with E-state index in [2.05, 4.69) is 24.3 Å². The highest BCUT2D eigenvalue weighted by molar-refractivity contribution is 7.99. The lowest BCUT2D eigenvalue weighted by Gasteiger charge is -2.06. The molecule has 102 valence electrons. The van der Waals surface area contributed by atoms with Gasteiger partial charge in [0.25, 0.3) is 0 Å². The Hall–Kier alpha value is -0.970. The molecule has 0 fully saturated rings. The molecule has 0 atom stereocenters. The Morgan fingerprint density at radius 2 is 2.33 bits per heavy atom. The number of aryl methyl sites for hydroxylation is 1. The summed E-state index contributed by atoms with van der Waals surface area (Å²) in [7, 11) is 0. The van der Waals surface area contributed by atoms with Crippen LogP contribution in [0.4, 0.5) is 0 Å². The summed E-state index contributed by atoms with van der Waals surface area (Å²) in [5, 5.41) is 7.05. The summed E-state index contributed by atoms with van der Waals surface area (Å²) in [5.74, 6) is 2.91. The maximum atomic E-state index is 11.5. The smallest absolute Gasteiger partial charge is 0.220 e. The van der Waals surface area contributed by atoms with Gasteiger partial charge in [-0.2, -0.15) is 16.9 Å². The minimum absolute atomic E-state index is 0.159. The third-order valence-corrected chi connectivity index (χ3v) is 3.77. The molecule has 0 saturated carbocycles. The minimum atomic E-state index is 0.159. The Kier molecular flexibility index (Phi) is 7.57. The quantitative estimate of drug-likeness (QED) is 0.699. The van der Waals surface area contributed by atoms with Gasteiger partial charge in [0.05, 0.1) is 0 Å². The van der Waals surface area contributed by atoms with Crippen LogP contribution >= 0.6 is 11.8 Å². The molecule has 1 aromatic rings. The normalized spacial score (nSPS) is 10.8. The molecule has 5 heteroatoms. The van der Waals surface area contributed by atoms with E-state index in [1.165, 1.54) is 0 Å². The Labute approximate surface area is 114 Å². The van der Waals surface area contributed by atoms with Crippen molar-refractivity contribution in [1.82, 2.24) is 15.1 Å². The molecule has 0 aliphatic carbocycles. The molecular formula is C13H23N3OS. The fourth-order valence-corrected chi connectivity index (χ4v) is 2.44. The molecule has 4 nitrogen and oxygen atoms in total. The number of thioether (sulfide) groups is 1. The number of nitrogens with one attached hydrogen (secondary N) is 1. The van der Waals surface area contributed by atoms with Gasteiger partial charge in [-0.1, -0.05) is 13.8 Å². The highest BCUT2D eigenvalue weighted by atomic mass is 32.2. The fourth-order valence-electron chi connectivity index (χ4n) is 1.47. The molecular weight excluding hydrogens is 246 g/mol. The molecule has 0 radical (unpaired) electrons. The second kappa shape index (κ2) is 9.03. The molecule has 0 spiro atoms. The van der Waals surface area contributed by atoms with Crippen molar-refractivity contribution in [3.8, 4) is 0 Å². The summed E-state index contributed by atoms with van der Waals surface area (Å²) >= 11 is 1.85. The number of amides is 1. The lowest BCUT2D eigenvalue weighted by Crippen LogP contribution is -2.25. The maximum absolute atomic E-state index is 11.5. The minimum Gasteiger partial charge on any atom is -0.356 e. The molecule has 0 aromatic carbocycles. The molecule has 0 bridgehead atoms. The average Bonchev–Trinajstić information content (AvgIpc) is 2.83. The van der Waals surface area contributed by atoms with Crippen molar-refractivity contribution < 1.29 is 4.79 Å². The Balaban J connectivity index is 1.93. The van der Waals surface area contributed by atoms with Crippen LogP contribution in [0.15, 0.2) is 18.5 Å². The highest BCUT2D eigenvalue weighted by Gasteiger charge is 2.01. The molecule has 0 saturated heterocycles. The van der Waals surface area contributed by atoms with Crippen LogP contribution in [0.5, 0.6) is 0 Å². The number of carbonyl (C=O) groups is 1. The standard InChI is InChI=1S/C13H23N3OS/c1-12(2)11-18-10-5-13(17)14-6-3-8-16-9-4-7-15-16/h4,7,9,12H,3,5-6,8,10-11H2,1-2H3,(H,14,17). The lowest BCUT2D eigenvalue weighted by atomic mass is 10.3. The fraction of sp³-hybridized carbons (Fsp3) is 0.692. The molecule has 0 aliphatic heterocycles. The number of hydrogen-bond acceptors (Lipinski definition) is 3. The van der Waals surface area contributed by atoms with Crippen molar-refractivity contribution >= 4 is 17.7 Å². The van der Waals surface area contributed by atoms with Gasteiger partial charge in [0.2, 0.25) is 5.91 Å². The van der Waals surface area contributed by atoms with Crippen LogP contribution in [0.25, 0.3) is 0 Å². The largest absolute Gasteiger partial charge is 0.356 e. The van der Waals surface area contributed by atoms with E-state index in [4.69, 9.17) is 0 Å². The second-order valence-electron chi connectivity index (χ2n) is 4.69. The zero-order valence-electron chi connectivity index (χ0n) is 11.3. The van der Waals surface area contributed by atoms with E-state index in [0.717, 1.165) is 31.0 Å². The van der Waals surface area contributed by atoms with Crippen LogP contribution < -0.4 is 5.32 Å². The summed E-state index contributed by atoms with van der Waals surface area (Å²) in [6.07, 6.45) is 5.25. The van der Waals surface area contributed by atoms with E-state index in [1.54, 1.807) is 6.20 Å². The van der Waals surface area contributed by atoms with E-state index in [0.29, 0.717) is 12.3 Å². The first kappa shape index (κ1) is 15.1. The van der Waals surface area contributed by atoms with E-state index >= 15 is 0 Å². The third kappa shape index (κ3) is 7.37. The summed E-state index contributed by atoms with van der Waals surface area (Å²) in [4.78, 5) is 11.5. The van der Waals surface area contributed by atoms with Crippen LogP contribution in [0, 0.1) is 5.92 Å². The van der Waals surface area contributed by atoms with Gasteiger partial charge < -0.3 is 5.32 Å². The van der Waals surface area contributed by atoms with E-state index < -0.39 is 0 Å². The van der Waals surface area contributed by atoms with Crippen molar-refractivity contribution in [1.29, 1.82) is 0 Å². The first-order valence-electron chi connectivity index (χ1n) is 6.50. The Bertz CT molecular complexity index is 325. The molecule has 0 unspecified atom stereocenters. The predicted molar refractivity (Wildman–Crippen MR) is 76.6 cm³/mol. The second-order valence-corrected chi connectivity index (χ2v) is 5.84. The summed E-state index contributed by atoms with van der Waals surface area (Å²) in [5.41, 5.74) is 0. The average molecular weight is 269 g/mol. The Morgan fingerprint density at radius 1 is 1.50 bits per heavy atom. The van der Waals surface area contributed by atoms with Crippen LogP contribution in [0.3, 0.4) is 0 Å². The van der Waals surface area contributed by atoms with Crippen molar-refractivity contribution in [2.75, 3.05) is 18.1 Å². The van der Waals surface area contributed by atoms with Gasteiger partial charge in [0, 0.05) is 37.7 Å². The van der Waals surface area contributed by atoms with Crippen LogP contribution in [0.1, 0.15) is 26.7 Å². The SMILES string of the molecule is CC(C)CSCCC(=O)NCCCn1cccn1. The highest BCUT2D eigenvalue weighted by Crippen LogP contribution is 2.08. The number of aromatic nitrogens is 2. The Morgan fingerprint density at radius 3 is 3.00 bits per heavy atom. The molecule has 1 rings (SSSR count). The molecule has 1 amide bonds. The summed E-state index contributed by atoms with van der Waals surface area (Å²) in [6.45, 7) is 5.98. The zero-order chi connectivity index (χ0) is 13.2. The number of hydrogen-bond donors (Lipinski definition) is 1. The monoisotopic (exact) mass is 269 g/mol. The van der Waals surface area contributed by atoms with E-state index in [-0.39, 0.29) is 5.91 Å². The first-order chi connectivity index (χ1) is 8.68. The summed E-state index contributed by atoms with van der Waals surface area (Å²) < 4.78 is 1.88. The maximum Gasteiger partial charge on any atom is 0.220 e. The first-order valence-corrected chi connectivity index (χ1v) is 7.66. The van der Waals surface area contributed by atoms with Gasteiger partial charge in [-0.15, -0.1) is 0 Å².